The number of halogens is 5. The van der Waals surface area contributed by atoms with Crippen LogP contribution in [0.5, 0.6) is 0 Å². The van der Waals surface area contributed by atoms with Gasteiger partial charge < -0.3 is 4.90 Å². The average Bonchev–Trinajstić information content (AvgIpc) is 3.06. The number of carbonyl (C=O) groups excluding carboxylic acids is 1. The van der Waals surface area contributed by atoms with Gasteiger partial charge in [-0.2, -0.15) is 10.2 Å². The maximum Gasteiger partial charge on any atom is 0.257 e. The molecule has 2 aromatic heterocycles. The molecule has 1 aromatic carbocycles. The van der Waals surface area contributed by atoms with E-state index in [1.807, 2.05) is 0 Å². The number of nitrogens with zero attached hydrogens (tertiary/aromatic N) is 5. The zero-order valence-electron chi connectivity index (χ0n) is 18.0. The number of hydrogen-bond donors (Lipinski definition) is 0. The number of carbonyl (C=O) groups is 1. The predicted octanol–water partition coefficient (Wildman–Crippen LogP) is 4.12. The van der Waals surface area contributed by atoms with E-state index in [0.29, 0.717) is 23.4 Å². The smallest absolute Gasteiger partial charge is 0.257 e. The first-order valence-electron chi connectivity index (χ1n) is 10.4. The van der Waals surface area contributed by atoms with Crippen LogP contribution in [0.15, 0.2) is 18.3 Å². The van der Waals surface area contributed by atoms with Crippen molar-refractivity contribution in [3.63, 3.8) is 0 Å². The summed E-state index contributed by atoms with van der Waals surface area (Å²) >= 11 is 0. The lowest BCUT2D eigenvalue weighted by molar-refractivity contribution is 0.0671. The van der Waals surface area contributed by atoms with Crippen molar-refractivity contribution in [3.05, 3.63) is 58.3 Å². The molecule has 2 aliphatic rings. The Kier molecular flexibility index (Phi) is 4.67. The molecule has 11 heteroatoms. The van der Waals surface area contributed by atoms with E-state index < -0.39 is 41.2 Å². The topological polar surface area (TPSA) is 56.0 Å². The second-order valence-electron chi connectivity index (χ2n) is 8.60. The molecule has 1 saturated carbocycles. The lowest BCUT2D eigenvalue weighted by atomic mass is 9.95. The van der Waals surface area contributed by atoms with Crippen molar-refractivity contribution in [2.75, 3.05) is 6.54 Å². The molecule has 1 unspecified atom stereocenters. The van der Waals surface area contributed by atoms with Crippen molar-refractivity contribution in [1.82, 2.24) is 24.5 Å². The highest BCUT2D eigenvalue weighted by Crippen LogP contribution is 2.56. The van der Waals surface area contributed by atoms with Gasteiger partial charge in [-0.25, -0.2) is 22.0 Å². The summed E-state index contributed by atoms with van der Waals surface area (Å²) in [4.78, 5) is 14.9. The van der Waals surface area contributed by atoms with Gasteiger partial charge >= 0.3 is 0 Å². The lowest BCUT2D eigenvalue weighted by Gasteiger charge is -2.33. The Morgan fingerprint density at radius 1 is 1.12 bits per heavy atom. The molecule has 0 bridgehead atoms. The summed E-state index contributed by atoms with van der Waals surface area (Å²) in [5.74, 6) is -8.47. The van der Waals surface area contributed by atoms with Crippen molar-refractivity contribution in [1.29, 1.82) is 0 Å². The molecule has 6 nitrogen and oxygen atoms in total. The molecular formula is C22H20F5N5O. The highest BCUT2D eigenvalue weighted by Gasteiger charge is 2.60. The second-order valence-corrected chi connectivity index (χ2v) is 8.60. The van der Waals surface area contributed by atoms with Gasteiger partial charge in [0.15, 0.2) is 17.5 Å². The van der Waals surface area contributed by atoms with Crippen LogP contribution in [0.1, 0.15) is 52.6 Å². The largest absolute Gasteiger partial charge is 0.330 e. The number of aryl methyl sites for hydroxylation is 2. The summed E-state index contributed by atoms with van der Waals surface area (Å²) in [5.41, 5.74) is 2.14. The van der Waals surface area contributed by atoms with Crippen LogP contribution in [-0.2, 0) is 20.5 Å². The van der Waals surface area contributed by atoms with Gasteiger partial charge in [0.1, 0.15) is 0 Å². The number of aromatic nitrogens is 4. The van der Waals surface area contributed by atoms with E-state index in [4.69, 9.17) is 0 Å². The summed E-state index contributed by atoms with van der Waals surface area (Å²) in [6, 6.07) is 1.30. The van der Waals surface area contributed by atoms with E-state index in [2.05, 4.69) is 10.2 Å². The van der Waals surface area contributed by atoms with Crippen LogP contribution in [0.4, 0.5) is 22.0 Å². The van der Waals surface area contributed by atoms with E-state index in [0.717, 1.165) is 12.1 Å². The van der Waals surface area contributed by atoms with Crippen LogP contribution in [0, 0.1) is 17.5 Å². The second kappa shape index (κ2) is 7.13. The average molecular weight is 465 g/mol. The van der Waals surface area contributed by atoms with Crippen LogP contribution in [0.2, 0.25) is 0 Å². The summed E-state index contributed by atoms with van der Waals surface area (Å²) in [5, 5.41) is 8.48. The van der Waals surface area contributed by atoms with Gasteiger partial charge in [0, 0.05) is 38.2 Å². The van der Waals surface area contributed by atoms with Crippen molar-refractivity contribution in [2.45, 2.75) is 37.6 Å². The molecule has 0 N–H and O–H groups in total. The Morgan fingerprint density at radius 2 is 1.76 bits per heavy atom. The fraction of sp³-hybridized carbons (Fsp3) is 0.409. The summed E-state index contributed by atoms with van der Waals surface area (Å²) in [7, 11) is 3.13. The Morgan fingerprint density at radius 3 is 2.36 bits per heavy atom. The molecule has 3 heterocycles. The first-order chi connectivity index (χ1) is 15.5. The summed E-state index contributed by atoms with van der Waals surface area (Å²) < 4.78 is 71.3. The highest BCUT2D eigenvalue weighted by atomic mass is 19.3. The first-order valence-corrected chi connectivity index (χ1v) is 10.4. The third kappa shape index (κ3) is 3.24. The molecule has 1 amide bonds. The molecule has 1 fully saturated rings. The highest BCUT2D eigenvalue weighted by molar-refractivity contribution is 5.96. The standard InChI is InChI=1S/C22H20F5N5O/c1-10-18-12(19(31(3)29-18)11-6-15(23)17(25)16(24)7-11)4-5-32(10)21(33)13-9-28-30(2)20(13)14-8-22(14,26)27/h6-7,9-10,14H,4-5,8H2,1-3H3/t10-,14?/m0/s1. The molecule has 0 spiro atoms. The molecule has 33 heavy (non-hydrogen) atoms. The Hall–Kier alpha value is -3.24. The lowest BCUT2D eigenvalue weighted by Crippen LogP contribution is -2.39. The molecule has 1 aliphatic carbocycles. The number of hydrogen-bond acceptors (Lipinski definition) is 3. The van der Waals surface area contributed by atoms with Crippen molar-refractivity contribution in [2.24, 2.45) is 14.1 Å². The number of alkyl halides is 2. The molecule has 0 saturated heterocycles. The van der Waals surface area contributed by atoms with E-state index in [9.17, 15) is 26.7 Å². The van der Waals surface area contributed by atoms with Gasteiger partial charge in [0.05, 0.1) is 40.8 Å². The van der Waals surface area contributed by atoms with Gasteiger partial charge in [0.25, 0.3) is 11.8 Å². The van der Waals surface area contributed by atoms with Gasteiger partial charge in [-0.05, 0) is 25.5 Å². The summed E-state index contributed by atoms with van der Waals surface area (Å²) in [6.45, 7) is 1.99. The minimum Gasteiger partial charge on any atom is -0.330 e. The van der Waals surface area contributed by atoms with E-state index in [1.165, 1.54) is 27.5 Å². The van der Waals surface area contributed by atoms with Crippen LogP contribution in [0.3, 0.4) is 0 Å². The number of amides is 1. The van der Waals surface area contributed by atoms with Crippen molar-refractivity contribution < 1.29 is 26.7 Å². The van der Waals surface area contributed by atoms with Gasteiger partial charge in [-0.15, -0.1) is 0 Å². The first kappa shape index (κ1) is 21.6. The van der Waals surface area contributed by atoms with Crippen LogP contribution in [0.25, 0.3) is 11.3 Å². The molecule has 0 radical (unpaired) electrons. The Balaban J connectivity index is 1.50. The predicted molar refractivity (Wildman–Crippen MR) is 107 cm³/mol. The van der Waals surface area contributed by atoms with Crippen LogP contribution >= 0.6 is 0 Å². The molecule has 3 aromatic rings. The number of fused-ring (bicyclic) bond motifs is 1. The summed E-state index contributed by atoms with van der Waals surface area (Å²) in [6.07, 6.45) is 1.31. The third-order valence-electron chi connectivity index (χ3n) is 6.53. The van der Waals surface area contributed by atoms with Crippen LogP contribution < -0.4 is 0 Å². The Bertz CT molecular complexity index is 1270. The number of benzene rings is 1. The van der Waals surface area contributed by atoms with Crippen LogP contribution in [-0.4, -0.2) is 42.8 Å². The third-order valence-corrected chi connectivity index (χ3v) is 6.53. The zero-order chi connectivity index (χ0) is 23.8. The molecule has 1 aliphatic heterocycles. The minimum absolute atomic E-state index is 0.133. The molecule has 2 atom stereocenters. The molecule has 5 rings (SSSR count). The monoisotopic (exact) mass is 465 g/mol. The van der Waals surface area contributed by atoms with E-state index >= 15 is 0 Å². The van der Waals surface area contributed by atoms with Gasteiger partial charge in [0.2, 0.25) is 0 Å². The van der Waals surface area contributed by atoms with Gasteiger partial charge in [-0.1, -0.05) is 0 Å². The fourth-order valence-electron chi connectivity index (χ4n) is 4.76. The van der Waals surface area contributed by atoms with E-state index in [1.54, 1.807) is 14.0 Å². The molecule has 174 valence electrons. The SMILES string of the molecule is C[C@H]1c2nn(C)c(-c3cc(F)c(F)c(F)c3)c2CCN1C(=O)c1cnn(C)c1C1CC1(F)F. The Labute approximate surface area is 185 Å². The minimum atomic E-state index is -2.85. The van der Waals surface area contributed by atoms with Crippen molar-refractivity contribution in [3.8, 4) is 11.3 Å². The number of rotatable bonds is 3. The maximum absolute atomic E-state index is 13.8. The zero-order valence-corrected chi connectivity index (χ0v) is 18.0. The normalized spacial score (nSPS) is 21.3. The fourth-order valence-corrected chi connectivity index (χ4v) is 4.76. The molecular weight excluding hydrogens is 445 g/mol. The van der Waals surface area contributed by atoms with Gasteiger partial charge in [-0.3, -0.25) is 14.2 Å². The van der Waals surface area contributed by atoms with E-state index in [-0.39, 0.29) is 29.8 Å². The maximum atomic E-state index is 13.8. The quantitative estimate of drug-likeness (QED) is 0.432. The van der Waals surface area contributed by atoms with Crippen molar-refractivity contribution >= 4 is 5.91 Å².